The average Bonchev–Trinajstić information content (AvgIpc) is 3.17. The van der Waals surface area contributed by atoms with Gasteiger partial charge in [-0.05, 0) is 57.0 Å². The van der Waals surface area contributed by atoms with Gasteiger partial charge in [-0.1, -0.05) is 0 Å². The quantitative estimate of drug-likeness (QED) is 0.557. The molecule has 0 bridgehead atoms. The van der Waals surface area contributed by atoms with Crippen molar-refractivity contribution in [3.63, 3.8) is 0 Å². The minimum atomic E-state index is 0.0742. The van der Waals surface area contributed by atoms with Gasteiger partial charge in [-0.25, -0.2) is 4.98 Å². The lowest BCUT2D eigenvalue weighted by Gasteiger charge is -2.39. The first-order chi connectivity index (χ1) is 16.4. The van der Waals surface area contributed by atoms with E-state index in [0.717, 1.165) is 85.8 Å². The van der Waals surface area contributed by atoms with E-state index in [2.05, 4.69) is 19.9 Å². The van der Waals surface area contributed by atoms with E-state index in [1.807, 2.05) is 60.1 Å². The Labute approximate surface area is 200 Å². The molecule has 0 atom stereocenters. The predicted molar refractivity (Wildman–Crippen MR) is 133 cm³/mol. The maximum atomic E-state index is 13.3. The number of carbonyl (C=O) groups is 2. The number of ketones is 1. The van der Waals surface area contributed by atoms with Gasteiger partial charge in [0.05, 0.1) is 5.69 Å². The van der Waals surface area contributed by atoms with Gasteiger partial charge >= 0.3 is 0 Å². The van der Waals surface area contributed by atoms with E-state index in [4.69, 9.17) is 0 Å². The Morgan fingerprint density at radius 3 is 2.24 bits per heavy atom. The monoisotopic (exact) mass is 460 g/mol. The fraction of sp³-hybridized carbons (Fsp3) is 0.462. The number of pyridine rings is 1. The van der Waals surface area contributed by atoms with E-state index in [9.17, 15) is 9.59 Å². The molecular weight excluding hydrogens is 428 g/mol. The molecule has 178 valence electrons. The number of aromatic nitrogens is 3. The number of anilines is 2. The number of benzene rings is 1. The fourth-order valence-corrected chi connectivity index (χ4v) is 5.30. The normalized spacial score (nSPS) is 17.4. The molecule has 4 heterocycles. The molecule has 0 aliphatic carbocycles. The van der Waals surface area contributed by atoms with Gasteiger partial charge in [0.25, 0.3) is 0 Å². The number of hydrogen-bond acceptors (Lipinski definition) is 6. The number of rotatable bonds is 4. The second-order valence-corrected chi connectivity index (χ2v) is 9.42. The Morgan fingerprint density at radius 2 is 1.59 bits per heavy atom. The topological polar surface area (TPSA) is 74.6 Å². The third kappa shape index (κ3) is 4.13. The van der Waals surface area contributed by atoms with Gasteiger partial charge < -0.3 is 14.7 Å². The van der Waals surface area contributed by atoms with Gasteiger partial charge in [-0.2, -0.15) is 5.10 Å². The molecule has 34 heavy (non-hydrogen) atoms. The summed E-state index contributed by atoms with van der Waals surface area (Å²) < 4.78 is 1.91. The molecule has 2 fully saturated rings. The van der Waals surface area contributed by atoms with Crippen molar-refractivity contribution in [2.24, 2.45) is 13.0 Å². The second kappa shape index (κ2) is 9.08. The lowest BCUT2D eigenvalue weighted by molar-refractivity contribution is -0.136. The molecule has 0 radical (unpaired) electrons. The molecular formula is C26H32N6O2. The summed E-state index contributed by atoms with van der Waals surface area (Å²) in [5.74, 6) is 1.41. The van der Waals surface area contributed by atoms with Crippen molar-refractivity contribution >= 4 is 34.1 Å². The van der Waals surface area contributed by atoms with Crippen molar-refractivity contribution < 1.29 is 9.59 Å². The molecule has 2 aliphatic heterocycles. The lowest BCUT2D eigenvalue weighted by Crippen LogP contribution is -2.51. The lowest BCUT2D eigenvalue weighted by atomic mass is 9.94. The molecule has 0 N–H and O–H groups in total. The number of nitrogens with zero attached hydrogens (tertiary/aromatic N) is 6. The predicted octanol–water partition coefficient (Wildman–Crippen LogP) is 3.04. The van der Waals surface area contributed by atoms with E-state index >= 15 is 0 Å². The first-order valence-electron chi connectivity index (χ1n) is 12.1. The van der Waals surface area contributed by atoms with Crippen LogP contribution in [-0.2, 0) is 11.8 Å². The van der Waals surface area contributed by atoms with Crippen LogP contribution < -0.4 is 9.80 Å². The van der Waals surface area contributed by atoms with Crippen LogP contribution in [0.4, 0.5) is 11.5 Å². The van der Waals surface area contributed by atoms with Crippen molar-refractivity contribution in [1.82, 2.24) is 19.7 Å². The average molecular weight is 461 g/mol. The summed E-state index contributed by atoms with van der Waals surface area (Å²) in [6, 6.07) is 9.79. The smallest absolute Gasteiger partial charge is 0.225 e. The van der Waals surface area contributed by atoms with Gasteiger partial charge in [-0.15, -0.1) is 0 Å². The summed E-state index contributed by atoms with van der Waals surface area (Å²) in [6.07, 6.45) is 3.55. The Morgan fingerprint density at radius 1 is 0.912 bits per heavy atom. The molecule has 5 rings (SSSR count). The minimum Gasteiger partial charge on any atom is -0.368 e. The van der Waals surface area contributed by atoms with E-state index in [1.54, 1.807) is 6.92 Å². The summed E-state index contributed by atoms with van der Waals surface area (Å²) in [4.78, 5) is 36.0. The molecule has 0 unspecified atom stereocenters. The van der Waals surface area contributed by atoms with E-state index in [-0.39, 0.29) is 17.6 Å². The Hall–Kier alpha value is -3.42. The fourth-order valence-electron chi connectivity index (χ4n) is 5.30. The van der Waals surface area contributed by atoms with Crippen molar-refractivity contribution in [3.05, 3.63) is 47.8 Å². The Kier molecular flexibility index (Phi) is 5.98. The van der Waals surface area contributed by atoms with Gasteiger partial charge in [0.15, 0.2) is 11.6 Å². The SMILES string of the molecule is CC(=O)c1ccc(N2CCN(C(=O)C3CCN(c4nccc5c(C)nn(C)c45)CC3)CC2)cc1. The van der Waals surface area contributed by atoms with Gasteiger partial charge in [0.2, 0.25) is 5.91 Å². The molecule has 8 heteroatoms. The number of amides is 1. The molecule has 2 aliphatic rings. The summed E-state index contributed by atoms with van der Waals surface area (Å²) in [6.45, 7) is 8.37. The van der Waals surface area contributed by atoms with Crippen LogP contribution in [0.5, 0.6) is 0 Å². The Balaban J connectivity index is 1.17. The van der Waals surface area contributed by atoms with E-state index in [0.29, 0.717) is 0 Å². The molecule has 1 amide bonds. The Bertz CT molecular complexity index is 1200. The van der Waals surface area contributed by atoms with Crippen LogP contribution in [0.25, 0.3) is 10.9 Å². The highest BCUT2D eigenvalue weighted by molar-refractivity contribution is 5.94. The maximum absolute atomic E-state index is 13.3. The number of piperazine rings is 1. The maximum Gasteiger partial charge on any atom is 0.225 e. The molecule has 1 aromatic carbocycles. The van der Waals surface area contributed by atoms with Crippen LogP contribution in [0.15, 0.2) is 36.5 Å². The number of carbonyl (C=O) groups excluding carboxylic acids is 2. The third-order valence-electron chi connectivity index (χ3n) is 7.29. The number of piperidine rings is 1. The van der Waals surface area contributed by atoms with E-state index in [1.165, 1.54) is 0 Å². The number of Topliss-reactive ketones (excluding diaryl/α,β-unsaturated/α-hetero) is 1. The molecule has 2 saturated heterocycles. The zero-order valence-corrected chi connectivity index (χ0v) is 20.2. The number of fused-ring (bicyclic) bond motifs is 1. The summed E-state index contributed by atoms with van der Waals surface area (Å²) >= 11 is 0. The highest BCUT2D eigenvalue weighted by Crippen LogP contribution is 2.30. The molecule has 8 nitrogen and oxygen atoms in total. The number of hydrogen-bond donors (Lipinski definition) is 0. The van der Waals surface area contributed by atoms with Gasteiger partial charge in [0, 0.05) is 75.1 Å². The first kappa shape index (κ1) is 22.4. The zero-order valence-electron chi connectivity index (χ0n) is 20.2. The van der Waals surface area contributed by atoms with E-state index < -0.39 is 0 Å². The summed E-state index contributed by atoms with van der Waals surface area (Å²) in [5.41, 5.74) is 3.92. The standard InChI is InChI=1S/C26H32N6O2/c1-18-23-8-11-27-25(24(23)29(3)28-18)31-12-9-21(10-13-31)26(34)32-16-14-30(15-17-32)22-6-4-20(5-7-22)19(2)33/h4-8,11,21H,9-10,12-17H2,1-3H3. The first-order valence-corrected chi connectivity index (χ1v) is 12.1. The largest absolute Gasteiger partial charge is 0.368 e. The number of aryl methyl sites for hydroxylation is 2. The van der Waals surface area contributed by atoms with Gasteiger partial charge in [-0.3, -0.25) is 14.3 Å². The second-order valence-electron chi connectivity index (χ2n) is 9.42. The van der Waals surface area contributed by atoms with Crippen molar-refractivity contribution in [2.45, 2.75) is 26.7 Å². The molecule has 0 saturated carbocycles. The van der Waals surface area contributed by atoms with Crippen LogP contribution >= 0.6 is 0 Å². The van der Waals surface area contributed by atoms with Gasteiger partial charge in [0.1, 0.15) is 5.52 Å². The minimum absolute atomic E-state index is 0.0742. The van der Waals surface area contributed by atoms with Crippen LogP contribution in [-0.4, -0.2) is 70.6 Å². The summed E-state index contributed by atoms with van der Waals surface area (Å²) in [7, 11) is 1.97. The highest BCUT2D eigenvalue weighted by atomic mass is 16.2. The summed E-state index contributed by atoms with van der Waals surface area (Å²) in [5, 5.41) is 5.70. The third-order valence-corrected chi connectivity index (χ3v) is 7.29. The van der Waals surface area contributed by atoms with Crippen LogP contribution in [0.1, 0.15) is 35.8 Å². The van der Waals surface area contributed by atoms with Crippen LogP contribution in [0.2, 0.25) is 0 Å². The van der Waals surface area contributed by atoms with Crippen molar-refractivity contribution in [2.75, 3.05) is 49.1 Å². The molecule has 3 aromatic rings. The molecule has 0 spiro atoms. The highest BCUT2D eigenvalue weighted by Gasteiger charge is 2.31. The van der Waals surface area contributed by atoms with Crippen LogP contribution in [0.3, 0.4) is 0 Å². The molecule has 2 aromatic heterocycles. The van der Waals surface area contributed by atoms with Crippen LogP contribution in [0, 0.1) is 12.8 Å². The van der Waals surface area contributed by atoms with Crippen molar-refractivity contribution in [1.29, 1.82) is 0 Å². The van der Waals surface area contributed by atoms with Crippen molar-refractivity contribution in [3.8, 4) is 0 Å². The zero-order chi connectivity index (χ0) is 23.8.